The molecule has 11 nitrogen and oxygen atoms in total. The molecule has 0 spiro atoms. The number of hydrogen-bond donors (Lipinski definition) is 0. The monoisotopic (exact) mass is 454 g/mol. The fraction of sp³-hybridized carbons (Fsp3) is 0.667. The highest BCUT2D eigenvalue weighted by Gasteiger charge is 2.67. The lowest BCUT2D eigenvalue weighted by Crippen LogP contribution is -2.70. The summed E-state index contributed by atoms with van der Waals surface area (Å²) in [5, 5.41) is -1.17. The van der Waals surface area contributed by atoms with Crippen molar-refractivity contribution in [3.8, 4) is 0 Å². The molecule has 0 amide bonds. The molecule has 0 aromatic heterocycles. The fourth-order valence-electron chi connectivity index (χ4n) is 2.37. The van der Waals surface area contributed by atoms with Crippen LogP contribution in [0.3, 0.4) is 0 Å². The Balaban J connectivity index is 3.60. The molecular formula is C15H19BrO11. The van der Waals surface area contributed by atoms with Gasteiger partial charge in [0, 0.05) is 34.6 Å². The molecule has 0 aromatic rings. The minimum atomic E-state index is -2.56. The number of rotatable bonds is 5. The Kier molecular flexibility index (Phi) is 7.72. The molecule has 27 heavy (non-hydrogen) atoms. The van der Waals surface area contributed by atoms with E-state index in [2.05, 4.69) is 15.9 Å². The van der Waals surface area contributed by atoms with Gasteiger partial charge in [-0.1, -0.05) is 15.9 Å². The summed E-state index contributed by atoms with van der Waals surface area (Å²) in [7, 11) is 0. The van der Waals surface area contributed by atoms with E-state index >= 15 is 0 Å². The van der Waals surface area contributed by atoms with Gasteiger partial charge in [0.1, 0.15) is 0 Å². The molecule has 4 atom stereocenters. The molecule has 1 rings (SSSR count). The summed E-state index contributed by atoms with van der Waals surface area (Å²) in [5.41, 5.74) is 0. The maximum Gasteiger partial charge on any atom is 0.361 e. The number of esters is 5. The quantitative estimate of drug-likeness (QED) is 0.245. The summed E-state index contributed by atoms with van der Waals surface area (Å²) in [6.07, 6.45) is -4.96. The van der Waals surface area contributed by atoms with Crippen LogP contribution in [0.5, 0.6) is 0 Å². The lowest BCUT2D eigenvalue weighted by atomic mass is 9.99. The average Bonchev–Trinajstić information content (AvgIpc) is 2.45. The Morgan fingerprint density at radius 3 is 1.56 bits per heavy atom. The Morgan fingerprint density at radius 1 is 0.741 bits per heavy atom. The van der Waals surface area contributed by atoms with Crippen LogP contribution in [0.2, 0.25) is 0 Å². The molecule has 1 heterocycles. The van der Waals surface area contributed by atoms with E-state index in [0.29, 0.717) is 0 Å². The van der Waals surface area contributed by atoms with Gasteiger partial charge in [0.25, 0.3) is 6.29 Å². The molecule has 1 saturated heterocycles. The first-order chi connectivity index (χ1) is 12.4. The summed E-state index contributed by atoms with van der Waals surface area (Å²) < 4.78 is 30.8. The second-order valence-corrected chi connectivity index (χ2v) is 6.34. The molecule has 1 aliphatic rings. The van der Waals surface area contributed by atoms with Crippen LogP contribution < -0.4 is 0 Å². The molecule has 0 unspecified atom stereocenters. The zero-order chi connectivity index (χ0) is 20.9. The van der Waals surface area contributed by atoms with Crippen molar-refractivity contribution >= 4 is 45.8 Å². The zero-order valence-corrected chi connectivity index (χ0v) is 16.8. The Bertz CT molecular complexity index is 615. The number of hydrogen-bond acceptors (Lipinski definition) is 11. The van der Waals surface area contributed by atoms with Gasteiger partial charge < -0.3 is 28.4 Å². The maximum atomic E-state index is 11.7. The lowest BCUT2D eigenvalue weighted by Gasteiger charge is -2.48. The number of carbonyl (C=O) groups excluding carboxylic acids is 5. The minimum Gasteiger partial charge on any atom is -0.454 e. The summed E-state index contributed by atoms with van der Waals surface area (Å²) in [6.45, 7) is 5.07. The smallest absolute Gasteiger partial charge is 0.361 e. The summed E-state index contributed by atoms with van der Waals surface area (Å²) >= 11 is 3.07. The standard InChI is InChI=1S/C15H19BrO11/c1-6(17)22-11-12(23-7(2)18)15(26-9(4)20,27-10(5)21)14(24-8(3)19)25-13(11)16/h11-14H,1-5H3/t11-,12+,13-,14+/m0/s1. The van der Waals surface area contributed by atoms with Crippen LogP contribution in [0.4, 0.5) is 0 Å². The van der Waals surface area contributed by atoms with E-state index in [1.165, 1.54) is 0 Å². The Labute approximate surface area is 162 Å². The third-order valence-corrected chi connectivity index (χ3v) is 3.75. The molecule has 0 aromatic carbocycles. The van der Waals surface area contributed by atoms with Crippen molar-refractivity contribution in [3.63, 3.8) is 0 Å². The first kappa shape index (κ1) is 22.8. The topological polar surface area (TPSA) is 141 Å². The molecule has 0 saturated carbocycles. The maximum absolute atomic E-state index is 11.7. The van der Waals surface area contributed by atoms with Crippen LogP contribution in [-0.2, 0) is 52.4 Å². The highest BCUT2D eigenvalue weighted by Crippen LogP contribution is 2.40. The largest absolute Gasteiger partial charge is 0.454 e. The average molecular weight is 455 g/mol. The lowest BCUT2D eigenvalue weighted by molar-refractivity contribution is -0.384. The van der Waals surface area contributed by atoms with Crippen LogP contribution in [0.1, 0.15) is 34.6 Å². The van der Waals surface area contributed by atoms with Crippen LogP contribution in [0, 0.1) is 0 Å². The van der Waals surface area contributed by atoms with E-state index in [9.17, 15) is 24.0 Å². The second kappa shape index (κ2) is 9.13. The highest BCUT2D eigenvalue weighted by molar-refractivity contribution is 9.09. The summed E-state index contributed by atoms with van der Waals surface area (Å²) in [6, 6.07) is 0. The van der Waals surface area contributed by atoms with Crippen molar-refractivity contribution < 1.29 is 52.4 Å². The fourth-order valence-corrected chi connectivity index (χ4v) is 2.95. The second-order valence-electron chi connectivity index (χ2n) is 5.44. The van der Waals surface area contributed by atoms with E-state index in [1.807, 2.05) is 0 Å². The normalized spacial score (nSPS) is 26.3. The minimum absolute atomic E-state index is 0.796. The first-order valence-electron chi connectivity index (χ1n) is 7.59. The zero-order valence-electron chi connectivity index (χ0n) is 15.2. The van der Waals surface area contributed by atoms with E-state index in [-0.39, 0.29) is 0 Å². The van der Waals surface area contributed by atoms with Gasteiger partial charge in [-0.15, -0.1) is 0 Å². The van der Waals surface area contributed by atoms with E-state index < -0.39 is 59.1 Å². The molecular weight excluding hydrogens is 436 g/mol. The van der Waals surface area contributed by atoms with Gasteiger partial charge in [-0.2, -0.15) is 0 Å². The van der Waals surface area contributed by atoms with Gasteiger partial charge in [0.05, 0.1) is 0 Å². The van der Waals surface area contributed by atoms with Crippen molar-refractivity contribution in [1.29, 1.82) is 0 Å². The first-order valence-corrected chi connectivity index (χ1v) is 8.51. The Hall–Kier alpha value is -2.21. The predicted molar refractivity (Wildman–Crippen MR) is 86.7 cm³/mol. The molecule has 12 heteroatoms. The van der Waals surface area contributed by atoms with Crippen molar-refractivity contribution in [2.24, 2.45) is 0 Å². The summed E-state index contributed by atoms with van der Waals surface area (Å²) in [5.74, 6) is -7.08. The van der Waals surface area contributed by atoms with Crippen LogP contribution in [0.15, 0.2) is 0 Å². The van der Waals surface area contributed by atoms with Gasteiger partial charge in [-0.05, 0) is 0 Å². The van der Waals surface area contributed by atoms with E-state index in [0.717, 1.165) is 34.6 Å². The SMILES string of the molecule is CC(=O)O[C@H]1[C@@H](OC(C)=O)C(OC(C)=O)(OC(C)=O)[C@H](OC(C)=O)O[C@@H]1Br. The third-order valence-electron chi connectivity index (χ3n) is 3.01. The van der Waals surface area contributed by atoms with Crippen LogP contribution in [-0.4, -0.2) is 59.1 Å². The summed E-state index contributed by atoms with van der Waals surface area (Å²) in [4.78, 5) is 58.0. The molecule has 0 N–H and O–H groups in total. The molecule has 1 fully saturated rings. The number of alkyl halides is 1. The number of carbonyl (C=O) groups is 5. The van der Waals surface area contributed by atoms with E-state index in [4.69, 9.17) is 28.4 Å². The van der Waals surface area contributed by atoms with E-state index in [1.54, 1.807) is 0 Å². The molecule has 152 valence electrons. The third kappa shape index (κ3) is 5.89. The number of ether oxygens (including phenoxy) is 6. The highest BCUT2D eigenvalue weighted by atomic mass is 79.9. The van der Waals surface area contributed by atoms with Crippen LogP contribution >= 0.6 is 15.9 Å². The molecule has 1 aliphatic heterocycles. The van der Waals surface area contributed by atoms with Crippen LogP contribution in [0.25, 0.3) is 0 Å². The van der Waals surface area contributed by atoms with Gasteiger partial charge in [0.2, 0.25) is 6.10 Å². The number of halogens is 1. The molecule has 0 radical (unpaired) electrons. The van der Waals surface area contributed by atoms with Gasteiger partial charge in [0.15, 0.2) is 11.1 Å². The molecule has 0 aliphatic carbocycles. The van der Waals surface area contributed by atoms with Crippen molar-refractivity contribution in [3.05, 3.63) is 0 Å². The van der Waals surface area contributed by atoms with Gasteiger partial charge in [-0.3, -0.25) is 24.0 Å². The van der Waals surface area contributed by atoms with Crippen molar-refractivity contribution in [1.82, 2.24) is 0 Å². The van der Waals surface area contributed by atoms with Gasteiger partial charge in [-0.25, -0.2) is 0 Å². The Morgan fingerprint density at radius 2 is 1.19 bits per heavy atom. The van der Waals surface area contributed by atoms with Crippen molar-refractivity contribution in [2.45, 2.75) is 63.9 Å². The predicted octanol–water partition coefficient (Wildman–Crippen LogP) is 0.313. The van der Waals surface area contributed by atoms with Gasteiger partial charge >= 0.3 is 35.6 Å². The molecule has 0 bridgehead atoms. The van der Waals surface area contributed by atoms with Crippen molar-refractivity contribution in [2.75, 3.05) is 0 Å².